The topological polar surface area (TPSA) is 169 Å². The first kappa shape index (κ1) is 22.3. The van der Waals surface area contributed by atoms with Crippen LogP contribution in [0.2, 0.25) is 0 Å². The fraction of sp³-hybridized carbons (Fsp3) is 0.318. The summed E-state index contributed by atoms with van der Waals surface area (Å²) < 4.78 is 17.9. The number of nitrogens with two attached hydrogens (primary N) is 1. The number of carbonyl (C=O) groups excluding carboxylic acids is 1. The predicted molar refractivity (Wildman–Crippen MR) is 122 cm³/mol. The molecule has 0 aromatic carbocycles. The van der Waals surface area contributed by atoms with Crippen LogP contribution in [0.3, 0.4) is 0 Å². The second-order valence-electron chi connectivity index (χ2n) is 8.03. The number of primary amides is 1. The van der Waals surface area contributed by atoms with Crippen molar-refractivity contribution in [1.82, 2.24) is 34.9 Å². The molecule has 180 valence electrons. The van der Waals surface area contributed by atoms with E-state index in [-0.39, 0.29) is 5.75 Å². The molecule has 35 heavy (non-hydrogen) atoms. The van der Waals surface area contributed by atoms with Gasteiger partial charge in [-0.1, -0.05) is 0 Å². The van der Waals surface area contributed by atoms with E-state index in [4.69, 9.17) is 24.7 Å². The molecule has 0 radical (unpaired) electrons. The summed E-state index contributed by atoms with van der Waals surface area (Å²) in [6.07, 6.45) is 5.69. The lowest BCUT2D eigenvalue weighted by molar-refractivity contribution is 0.211. The SMILES string of the molecule is COc1cnc(-c2nn(Cc3nnc(C)o3)c(C3CC3)c2C)nc1Nc1ccncc1OC(N)=O. The molecule has 0 unspecified atom stereocenters. The van der Waals surface area contributed by atoms with Crippen LogP contribution in [0.15, 0.2) is 29.1 Å². The highest BCUT2D eigenvalue weighted by Crippen LogP contribution is 2.44. The van der Waals surface area contributed by atoms with Crippen molar-refractivity contribution in [2.24, 2.45) is 5.73 Å². The third-order valence-corrected chi connectivity index (χ3v) is 5.49. The van der Waals surface area contributed by atoms with E-state index in [1.807, 2.05) is 11.6 Å². The van der Waals surface area contributed by atoms with Gasteiger partial charge in [-0.25, -0.2) is 14.8 Å². The van der Waals surface area contributed by atoms with Gasteiger partial charge in [0.1, 0.15) is 12.2 Å². The first-order valence-electron chi connectivity index (χ1n) is 10.9. The molecule has 1 fully saturated rings. The summed E-state index contributed by atoms with van der Waals surface area (Å²) in [5.74, 6) is 2.69. The van der Waals surface area contributed by atoms with Crippen molar-refractivity contribution in [2.75, 3.05) is 12.4 Å². The monoisotopic (exact) mass is 477 g/mol. The van der Waals surface area contributed by atoms with Gasteiger partial charge in [0.25, 0.3) is 0 Å². The number of amides is 1. The summed E-state index contributed by atoms with van der Waals surface area (Å²) in [7, 11) is 1.51. The average molecular weight is 477 g/mol. The van der Waals surface area contributed by atoms with Crippen molar-refractivity contribution in [1.29, 1.82) is 0 Å². The number of rotatable bonds is 8. The molecule has 1 saturated carbocycles. The Morgan fingerprint density at radius 1 is 1.26 bits per heavy atom. The van der Waals surface area contributed by atoms with Gasteiger partial charge in [0, 0.05) is 30.3 Å². The normalized spacial score (nSPS) is 13.0. The van der Waals surface area contributed by atoms with Gasteiger partial charge in [-0.3, -0.25) is 9.67 Å². The lowest BCUT2D eigenvalue weighted by atomic mass is 10.1. The number of pyridine rings is 1. The standard InChI is InChI=1S/C22H23N9O4/c1-11-18(30-31(19(11)13-4-5-13)10-17-29-28-12(2)34-17)21-25-9-16(33-3)20(27-21)26-14-6-7-24-8-15(14)35-22(23)32/h6-9,13H,4-5,10H2,1-3H3,(H2,23,32)(H,24,25,26,27). The molecule has 0 atom stereocenters. The Hall–Kier alpha value is -4.55. The van der Waals surface area contributed by atoms with Crippen molar-refractivity contribution in [3.05, 3.63) is 47.7 Å². The number of hydrogen-bond donors (Lipinski definition) is 2. The van der Waals surface area contributed by atoms with Gasteiger partial charge in [0.2, 0.25) is 11.8 Å². The molecule has 4 heterocycles. The average Bonchev–Trinajstić information content (AvgIpc) is 3.50. The smallest absolute Gasteiger partial charge is 0.410 e. The van der Waals surface area contributed by atoms with Gasteiger partial charge < -0.3 is 24.9 Å². The van der Waals surface area contributed by atoms with E-state index < -0.39 is 6.09 Å². The van der Waals surface area contributed by atoms with Gasteiger partial charge in [-0.15, -0.1) is 10.2 Å². The molecule has 1 aliphatic rings. The summed E-state index contributed by atoms with van der Waals surface area (Å²) >= 11 is 0. The molecule has 1 amide bonds. The van der Waals surface area contributed by atoms with Crippen LogP contribution in [-0.4, -0.2) is 48.1 Å². The molecule has 1 aliphatic carbocycles. The van der Waals surface area contributed by atoms with E-state index in [9.17, 15) is 4.79 Å². The first-order chi connectivity index (χ1) is 16.9. The van der Waals surface area contributed by atoms with Crippen molar-refractivity contribution >= 4 is 17.6 Å². The predicted octanol–water partition coefficient (Wildman–Crippen LogP) is 2.87. The maximum absolute atomic E-state index is 11.3. The molecule has 4 aromatic rings. The fourth-order valence-corrected chi connectivity index (χ4v) is 3.82. The van der Waals surface area contributed by atoms with E-state index in [0.29, 0.717) is 53.0 Å². The molecule has 0 bridgehead atoms. The van der Waals surface area contributed by atoms with Crippen LogP contribution in [0.25, 0.3) is 11.5 Å². The van der Waals surface area contributed by atoms with E-state index in [1.165, 1.54) is 19.5 Å². The summed E-state index contributed by atoms with van der Waals surface area (Å²) in [6, 6.07) is 1.62. The van der Waals surface area contributed by atoms with Crippen molar-refractivity contribution < 1.29 is 18.7 Å². The van der Waals surface area contributed by atoms with Crippen LogP contribution >= 0.6 is 0 Å². The van der Waals surface area contributed by atoms with E-state index in [0.717, 1.165) is 24.1 Å². The third-order valence-electron chi connectivity index (χ3n) is 5.49. The highest BCUT2D eigenvalue weighted by molar-refractivity contribution is 5.74. The van der Waals surface area contributed by atoms with E-state index in [2.05, 4.69) is 30.5 Å². The summed E-state index contributed by atoms with van der Waals surface area (Å²) in [5, 5.41) is 15.9. The van der Waals surface area contributed by atoms with Gasteiger partial charge in [0.05, 0.1) is 25.2 Å². The quantitative estimate of drug-likeness (QED) is 0.382. The molecule has 5 rings (SSSR count). The summed E-state index contributed by atoms with van der Waals surface area (Å²) in [6.45, 7) is 4.12. The Balaban J connectivity index is 1.52. The molecule has 4 aromatic heterocycles. The van der Waals surface area contributed by atoms with Crippen LogP contribution < -0.4 is 20.5 Å². The largest absolute Gasteiger partial charge is 0.491 e. The van der Waals surface area contributed by atoms with Gasteiger partial charge in [-0.2, -0.15) is 5.10 Å². The Morgan fingerprint density at radius 3 is 2.77 bits per heavy atom. The van der Waals surface area contributed by atoms with Crippen molar-refractivity contribution in [3.63, 3.8) is 0 Å². The number of aryl methyl sites for hydroxylation is 1. The van der Waals surface area contributed by atoms with E-state index in [1.54, 1.807) is 19.2 Å². The molecule has 0 spiro atoms. The maximum Gasteiger partial charge on any atom is 0.410 e. The molecule has 0 aliphatic heterocycles. The third kappa shape index (κ3) is 4.60. The minimum Gasteiger partial charge on any atom is -0.491 e. The Bertz CT molecular complexity index is 1390. The Morgan fingerprint density at radius 2 is 2.09 bits per heavy atom. The van der Waals surface area contributed by atoms with Crippen molar-refractivity contribution in [2.45, 2.75) is 39.2 Å². The van der Waals surface area contributed by atoms with Crippen LogP contribution in [0, 0.1) is 13.8 Å². The Kier molecular flexibility index (Phi) is 5.73. The highest BCUT2D eigenvalue weighted by Gasteiger charge is 2.32. The molecule has 13 nitrogen and oxygen atoms in total. The second-order valence-corrected chi connectivity index (χ2v) is 8.03. The van der Waals surface area contributed by atoms with Crippen LogP contribution in [0.5, 0.6) is 11.5 Å². The molecular formula is C22H23N9O4. The Labute approximate surface area is 199 Å². The molecular weight excluding hydrogens is 454 g/mol. The highest BCUT2D eigenvalue weighted by atomic mass is 16.5. The number of carbonyl (C=O) groups is 1. The van der Waals surface area contributed by atoms with Crippen LogP contribution in [0.4, 0.5) is 16.3 Å². The number of methoxy groups -OCH3 is 1. The first-order valence-corrected chi connectivity index (χ1v) is 10.9. The molecule has 13 heteroatoms. The zero-order chi connectivity index (χ0) is 24.5. The zero-order valence-corrected chi connectivity index (χ0v) is 19.3. The second kappa shape index (κ2) is 9.00. The number of nitrogens with one attached hydrogen (secondary N) is 1. The minimum absolute atomic E-state index is 0.147. The minimum atomic E-state index is -0.957. The van der Waals surface area contributed by atoms with E-state index >= 15 is 0 Å². The van der Waals surface area contributed by atoms with Crippen LogP contribution in [-0.2, 0) is 6.54 Å². The number of ether oxygens (including phenoxy) is 2. The molecule has 3 N–H and O–H groups in total. The van der Waals surface area contributed by atoms with Crippen molar-refractivity contribution in [3.8, 4) is 23.0 Å². The number of anilines is 2. The number of nitrogens with zero attached hydrogens (tertiary/aromatic N) is 7. The number of aromatic nitrogens is 7. The summed E-state index contributed by atoms with van der Waals surface area (Å²) in [4.78, 5) is 24.4. The van der Waals surface area contributed by atoms with Gasteiger partial charge in [0.15, 0.2) is 23.1 Å². The summed E-state index contributed by atoms with van der Waals surface area (Å²) in [5.41, 5.74) is 8.33. The molecule has 0 saturated heterocycles. The fourth-order valence-electron chi connectivity index (χ4n) is 3.82. The van der Waals surface area contributed by atoms with Crippen LogP contribution in [0.1, 0.15) is 41.8 Å². The maximum atomic E-state index is 11.3. The number of hydrogen-bond acceptors (Lipinski definition) is 11. The lowest BCUT2D eigenvalue weighted by Crippen LogP contribution is -2.17. The zero-order valence-electron chi connectivity index (χ0n) is 19.3. The van der Waals surface area contributed by atoms with Gasteiger partial charge >= 0.3 is 6.09 Å². The van der Waals surface area contributed by atoms with Gasteiger partial charge in [-0.05, 0) is 25.8 Å². The lowest BCUT2D eigenvalue weighted by Gasteiger charge is -2.13.